The second kappa shape index (κ2) is 9.54. The summed E-state index contributed by atoms with van der Waals surface area (Å²) in [5, 5.41) is 2.77. The number of anilines is 2. The molecule has 8 heteroatoms. The highest BCUT2D eigenvalue weighted by Gasteiger charge is 2.17. The molecular formula is C25H25F2N3O3. The van der Waals surface area contributed by atoms with Gasteiger partial charge in [0.2, 0.25) is 0 Å². The Morgan fingerprint density at radius 2 is 1.82 bits per heavy atom. The van der Waals surface area contributed by atoms with E-state index in [2.05, 4.69) is 10.2 Å². The topological polar surface area (TPSA) is 63.6 Å². The van der Waals surface area contributed by atoms with Crippen molar-refractivity contribution in [2.24, 2.45) is 7.05 Å². The number of carbonyl (C=O) groups is 1. The van der Waals surface area contributed by atoms with Gasteiger partial charge in [0.15, 0.2) is 0 Å². The Bertz CT molecular complexity index is 1230. The lowest BCUT2D eigenvalue weighted by Gasteiger charge is -2.30. The van der Waals surface area contributed by atoms with E-state index < -0.39 is 12.3 Å². The molecule has 1 fully saturated rings. The Labute approximate surface area is 190 Å². The van der Waals surface area contributed by atoms with Crippen LogP contribution >= 0.6 is 0 Å². The maximum Gasteiger partial charge on any atom is 0.263 e. The number of carbonyl (C=O) groups excluding carboxylic acids is 1. The van der Waals surface area contributed by atoms with Gasteiger partial charge in [-0.25, -0.2) is 8.78 Å². The monoisotopic (exact) mass is 453 g/mol. The molecule has 0 unspecified atom stereocenters. The zero-order valence-corrected chi connectivity index (χ0v) is 18.5. The first kappa shape index (κ1) is 22.7. The van der Waals surface area contributed by atoms with Crippen molar-refractivity contribution in [2.45, 2.75) is 13.3 Å². The van der Waals surface area contributed by atoms with Gasteiger partial charge in [-0.3, -0.25) is 14.2 Å². The maximum absolute atomic E-state index is 13.0. The van der Waals surface area contributed by atoms with E-state index in [1.54, 1.807) is 29.8 Å². The molecule has 0 bridgehead atoms. The standard InChI is InChI=1S/C25H25F2N3O3/c1-16-6-7-20(28-25(32)18-5-3-4-17(12-18)24(26)27)15-21(16)19-13-22(29(2)23(31)14-19)30-8-10-33-11-9-30/h3-7,12-15,24H,8-11H2,1-2H3,(H,28,32). The second-order valence-electron chi connectivity index (χ2n) is 8.01. The zero-order valence-electron chi connectivity index (χ0n) is 18.5. The number of alkyl halides is 2. The number of morpholine rings is 1. The first-order chi connectivity index (χ1) is 15.8. The van der Waals surface area contributed by atoms with E-state index in [0.29, 0.717) is 32.0 Å². The van der Waals surface area contributed by atoms with Crippen LogP contribution in [-0.2, 0) is 11.8 Å². The van der Waals surface area contributed by atoms with Gasteiger partial charge in [-0.05, 0) is 53.9 Å². The molecule has 1 N–H and O–H groups in total. The summed E-state index contributed by atoms with van der Waals surface area (Å²) >= 11 is 0. The number of nitrogens with one attached hydrogen (secondary N) is 1. The SMILES string of the molecule is Cc1ccc(NC(=O)c2cccc(C(F)F)c2)cc1-c1cc(N2CCOCC2)n(C)c(=O)c1. The fraction of sp³-hybridized carbons (Fsp3) is 0.280. The number of hydrogen-bond acceptors (Lipinski definition) is 4. The number of pyridine rings is 1. The summed E-state index contributed by atoms with van der Waals surface area (Å²) in [6, 6.07) is 14.3. The van der Waals surface area contributed by atoms with Crippen molar-refractivity contribution in [3.8, 4) is 11.1 Å². The van der Waals surface area contributed by atoms with Gasteiger partial charge in [0.1, 0.15) is 5.82 Å². The molecule has 6 nitrogen and oxygen atoms in total. The summed E-state index contributed by atoms with van der Waals surface area (Å²) in [6.07, 6.45) is -2.65. The minimum Gasteiger partial charge on any atom is -0.378 e. The fourth-order valence-corrected chi connectivity index (χ4v) is 3.90. The zero-order chi connectivity index (χ0) is 23.5. The van der Waals surface area contributed by atoms with Gasteiger partial charge in [0, 0.05) is 43.0 Å². The third-order valence-electron chi connectivity index (χ3n) is 5.78. The van der Waals surface area contributed by atoms with E-state index >= 15 is 0 Å². The molecule has 0 radical (unpaired) electrons. The van der Waals surface area contributed by atoms with Crippen LogP contribution in [0.4, 0.5) is 20.3 Å². The number of ether oxygens (including phenoxy) is 1. The van der Waals surface area contributed by atoms with E-state index in [-0.39, 0.29) is 16.7 Å². The highest BCUT2D eigenvalue weighted by molar-refractivity contribution is 6.04. The van der Waals surface area contributed by atoms with Crippen LogP contribution in [0.2, 0.25) is 0 Å². The smallest absolute Gasteiger partial charge is 0.263 e. The van der Waals surface area contributed by atoms with Gasteiger partial charge in [0.25, 0.3) is 17.9 Å². The molecule has 3 aromatic rings. The normalized spacial score (nSPS) is 13.9. The lowest BCUT2D eigenvalue weighted by Crippen LogP contribution is -2.39. The molecule has 4 rings (SSSR count). The maximum atomic E-state index is 13.0. The Hall–Kier alpha value is -3.52. The molecule has 0 aliphatic carbocycles. The largest absolute Gasteiger partial charge is 0.378 e. The van der Waals surface area contributed by atoms with Crippen molar-refractivity contribution < 1.29 is 18.3 Å². The third kappa shape index (κ3) is 4.96. The average Bonchev–Trinajstić information content (AvgIpc) is 2.82. The Morgan fingerprint density at radius 1 is 1.06 bits per heavy atom. The summed E-state index contributed by atoms with van der Waals surface area (Å²) in [7, 11) is 1.74. The molecule has 1 saturated heterocycles. The van der Waals surface area contributed by atoms with Crippen LogP contribution in [0.25, 0.3) is 11.1 Å². The summed E-state index contributed by atoms with van der Waals surface area (Å²) < 4.78 is 33.0. The van der Waals surface area contributed by atoms with Crippen molar-refractivity contribution in [3.63, 3.8) is 0 Å². The van der Waals surface area contributed by atoms with E-state index in [0.717, 1.165) is 22.5 Å². The number of benzene rings is 2. The van der Waals surface area contributed by atoms with Crippen molar-refractivity contribution in [1.82, 2.24) is 4.57 Å². The molecule has 0 saturated carbocycles. The summed E-state index contributed by atoms with van der Waals surface area (Å²) in [5.41, 5.74) is 2.81. The first-order valence-corrected chi connectivity index (χ1v) is 10.7. The van der Waals surface area contributed by atoms with E-state index in [9.17, 15) is 18.4 Å². The lowest BCUT2D eigenvalue weighted by molar-refractivity contribution is 0.102. The van der Waals surface area contributed by atoms with Crippen molar-refractivity contribution in [2.75, 3.05) is 36.5 Å². The van der Waals surface area contributed by atoms with Crippen molar-refractivity contribution in [1.29, 1.82) is 0 Å². The highest BCUT2D eigenvalue weighted by Crippen LogP contribution is 2.29. The molecule has 1 aromatic heterocycles. The fourth-order valence-electron chi connectivity index (χ4n) is 3.90. The van der Waals surface area contributed by atoms with Crippen molar-refractivity contribution in [3.05, 3.63) is 81.6 Å². The number of aryl methyl sites for hydroxylation is 1. The lowest BCUT2D eigenvalue weighted by atomic mass is 10.00. The molecule has 172 valence electrons. The van der Waals surface area contributed by atoms with Gasteiger partial charge in [0.05, 0.1) is 13.2 Å². The Kier molecular flexibility index (Phi) is 6.55. The van der Waals surface area contributed by atoms with Crippen LogP contribution < -0.4 is 15.8 Å². The van der Waals surface area contributed by atoms with Gasteiger partial charge in [-0.2, -0.15) is 0 Å². The summed E-state index contributed by atoms with van der Waals surface area (Å²) in [5.74, 6) is 0.323. The van der Waals surface area contributed by atoms with Gasteiger partial charge in [-0.15, -0.1) is 0 Å². The highest BCUT2D eigenvalue weighted by atomic mass is 19.3. The molecule has 0 atom stereocenters. The molecule has 1 aliphatic rings. The van der Waals surface area contributed by atoms with Crippen LogP contribution in [0, 0.1) is 6.92 Å². The van der Waals surface area contributed by atoms with Crippen molar-refractivity contribution >= 4 is 17.4 Å². The second-order valence-corrected chi connectivity index (χ2v) is 8.01. The van der Waals surface area contributed by atoms with Crippen LogP contribution in [0.3, 0.4) is 0 Å². The molecule has 2 heterocycles. The average molecular weight is 453 g/mol. The van der Waals surface area contributed by atoms with E-state index in [4.69, 9.17) is 4.74 Å². The summed E-state index contributed by atoms with van der Waals surface area (Å²) in [4.78, 5) is 27.5. The van der Waals surface area contributed by atoms with Crippen LogP contribution in [0.5, 0.6) is 0 Å². The van der Waals surface area contributed by atoms with Crippen LogP contribution in [0.15, 0.2) is 59.4 Å². The Balaban J connectivity index is 1.65. The first-order valence-electron chi connectivity index (χ1n) is 10.7. The number of rotatable bonds is 5. The van der Waals surface area contributed by atoms with E-state index in [1.807, 2.05) is 19.1 Å². The number of aromatic nitrogens is 1. The van der Waals surface area contributed by atoms with Crippen LogP contribution in [-0.4, -0.2) is 36.8 Å². The van der Waals surface area contributed by atoms with E-state index in [1.165, 1.54) is 24.3 Å². The Morgan fingerprint density at radius 3 is 2.55 bits per heavy atom. The predicted octanol–water partition coefficient (Wildman–Crippen LogP) is 4.39. The molecular weight excluding hydrogens is 428 g/mol. The number of halogens is 2. The quantitative estimate of drug-likeness (QED) is 0.623. The van der Waals surface area contributed by atoms with Crippen LogP contribution in [0.1, 0.15) is 27.9 Å². The molecule has 1 aliphatic heterocycles. The molecule has 1 amide bonds. The predicted molar refractivity (Wildman–Crippen MR) is 124 cm³/mol. The minimum atomic E-state index is -2.65. The van der Waals surface area contributed by atoms with Gasteiger partial charge in [-0.1, -0.05) is 18.2 Å². The molecule has 2 aromatic carbocycles. The number of amides is 1. The molecule has 33 heavy (non-hydrogen) atoms. The summed E-state index contributed by atoms with van der Waals surface area (Å²) in [6.45, 7) is 4.53. The molecule has 0 spiro atoms. The van der Waals surface area contributed by atoms with Gasteiger partial charge < -0.3 is 15.0 Å². The number of hydrogen-bond donors (Lipinski definition) is 1. The third-order valence-corrected chi connectivity index (χ3v) is 5.78. The minimum absolute atomic E-state index is 0.133. The number of nitrogens with zero attached hydrogens (tertiary/aromatic N) is 2. The van der Waals surface area contributed by atoms with Gasteiger partial charge >= 0.3 is 0 Å².